The summed E-state index contributed by atoms with van der Waals surface area (Å²) in [5.74, 6) is 2.93. The van der Waals surface area contributed by atoms with Crippen molar-refractivity contribution in [2.24, 2.45) is 22.7 Å². The van der Waals surface area contributed by atoms with E-state index in [1.165, 1.54) is 44.1 Å². The molecule has 4 fully saturated rings. The molecule has 2 N–H and O–H groups in total. The van der Waals surface area contributed by atoms with Crippen LogP contribution in [0.25, 0.3) is 0 Å². The molecule has 134 valence electrons. The van der Waals surface area contributed by atoms with Gasteiger partial charge in [-0.1, -0.05) is 6.92 Å². The Morgan fingerprint density at radius 3 is 2.44 bits per heavy atom. The lowest BCUT2D eigenvalue weighted by Gasteiger charge is -2.57. The van der Waals surface area contributed by atoms with Crippen LogP contribution >= 0.6 is 12.4 Å². The van der Waals surface area contributed by atoms with Gasteiger partial charge in [0.15, 0.2) is 0 Å². The van der Waals surface area contributed by atoms with Gasteiger partial charge in [0.2, 0.25) is 0 Å². The Kier molecular flexibility index (Phi) is 4.31. The normalized spacial score (nSPS) is 37.0. The predicted octanol–water partition coefficient (Wildman–Crippen LogP) is 4.98. The van der Waals surface area contributed by atoms with E-state index in [9.17, 15) is 0 Å². The van der Waals surface area contributed by atoms with Crippen LogP contribution in [0.4, 0.5) is 0 Å². The molecule has 0 atom stereocenters. The molecule has 4 aliphatic carbocycles. The molecule has 25 heavy (non-hydrogen) atoms. The van der Waals surface area contributed by atoms with E-state index >= 15 is 0 Å². The Labute approximate surface area is 156 Å². The Morgan fingerprint density at radius 1 is 1.20 bits per heavy atom. The van der Waals surface area contributed by atoms with E-state index in [1.54, 1.807) is 0 Å². The molecule has 4 heteroatoms. The molecule has 6 rings (SSSR count). The molecule has 1 aliphatic heterocycles. The SMILES string of the molecule is CCC1=CC(c2ccc[nH]2)=N/C1=C/NC12CC3CC(CC(C3)C1)C2.Cl. The van der Waals surface area contributed by atoms with Crippen LogP contribution in [0.2, 0.25) is 0 Å². The monoisotopic (exact) mass is 357 g/mol. The maximum absolute atomic E-state index is 4.89. The number of allylic oxidation sites excluding steroid dienone is 2. The molecule has 1 aromatic heterocycles. The van der Waals surface area contributed by atoms with E-state index in [0.29, 0.717) is 5.54 Å². The van der Waals surface area contributed by atoms with Gasteiger partial charge < -0.3 is 10.3 Å². The van der Waals surface area contributed by atoms with E-state index in [2.05, 4.69) is 35.6 Å². The summed E-state index contributed by atoms with van der Waals surface area (Å²) >= 11 is 0. The summed E-state index contributed by atoms with van der Waals surface area (Å²) < 4.78 is 0. The first-order chi connectivity index (χ1) is 11.7. The van der Waals surface area contributed by atoms with Crippen molar-refractivity contribution < 1.29 is 0 Å². The highest BCUT2D eigenvalue weighted by molar-refractivity contribution is 6.10. The van der Waals surface area contributed by atoms with Crippen molar-refractivity contribution in [3.05, 3.63) is 47.6 Å². The summed E-state index contributed by atoms with van der Waals surface area (Å²) in [6.45, 7) is 2.22. The molecule has 0 unspecified atom stereocenters. The first kappa shape index (κ1) is 17.0. The minimum absolute atomic E-state index is 0. The lowest BCUT2D eigenvalue weighted by molar-refractivity contribution is -0.0130. The van der Waals surface area contributed by atoms with Crippen molar-refractivity contribution in [2.45, 2.75) is 57.4 Å². The fraction of sp³-hybridized carbons (Fsp3) is 0.571. The van der Waals surface area contributed by atoms with Gasteiger partial charge in [0, 0.05) is 17.9 Å². The third-order valence-electron chi connectivity index (χ3n) is 6.69. The first-order valence-corrected chi connectivity index (χ1v) is 9.64. The van der Waals surface area contributed by atoms with Crippen LogP contribution in [0.15, 0.2) is 46.9 Å². The van der Waals surface area contributed by atoms with Gasteiger partial charge in [0.05, 0.1) is 17.1 Å². The maximum Gasteiger partial charge on any atom is 0.0875 e. The second kappa shape index (κ2) is 6.35. The number of nitrogens with zero attached hydrogens (tertiary/aromatic N) is 1. The Hall–Kier alpha value is -1.48. The maximum atomic E-state index is 4.89. The molecule has 4 bridgehead atoms. The Morgan fingerprint density at radius 2 is 1.88 bits per heavy atom. The van der Waals surface area contributed by atoms with Gasteiger partial charge >= 0.3 is 0 Å². The molecule has 2 heterocycles. The summed E-state index contributed by atoms with van der Waals surface area (Å²) in [6.07, 6.45) is 16.1. The van der Waals surface area contributed by atoms with Crippen molar-refractivity contribution in [1.29, 1.82) is 0 Å². The molecular weight excluding hydrogens is 330 g/mol. The van der Waals surface area contributed by atoms with Gasteiger partial charge in [-0.15, -0.1) is 12.4 Å². The molecule has 0 amide bonds. The van der Waals surface area contributed by atoms with Crippen LogP contribution in [0.1, 0.15) is 57.6 Å². The summed E-state index contributed by atoms with van der Waals surface area (Å²) in [5.41, 5.74) is 5.02. The largest absolute Gasteiger partial charge is 0.384 e. The summed E-state index contributed by atoms with van der Waals surface area (Å²) in [6, 6.07) is 4.13. The number of aromatic amines is 1. The number of hydrogen-bond donors (Lipinski definition) is 2. The molecule has 0 radical (unpaired) electrons. The second-order valence-corrected chi connectivity index (χ2v) is 8.48. The molecular formula is C21H28ClN3. The fourth-order valence-electron chi connectivity index (χ4n) is 6.02. The van der Waals surface area contributed by atoms with Crippen LogP contribution in [0.5, 0.6) is 0 Å². The van der Waals surface area contributed by atoms with E-state index in [0.717, 1.165) is 41.3 Å². The van der Waals surface area contributed by atoms with Gasteiger partial charge in [-0.25, -0.2) is 4.99 Å². The zero-order valence-electron chi connectivity index (χ0n) is 14.9. The molecule has 0 aromatic carbocycles. The quantitative estimate of drug-likeness (QED) is 0.784. The van der Waals surface area contributed by atoms with Gasteiger partial charge in [-0.3, -0.25) is 0 Å². The van der Waals surface area contributed by atoms with Gasteiger partial charge in [-0.2, -0.15) is 0 Å². The van der Waals surface area contributed by atoms with E-state index in [-0.39, 0.29) is 12.4 Å². The van der Waals surface area contributed by atoms with Crippen molar-refractivity contribution >= 4 is 18.1 Å². The topological polar surface area (TPSA) is 40.2 Å². The standard InChI is InChI=1S/C21H27N3.ClH/c1-2-17-9-19(18-4-3-5-22-18)24-20(17)13-23-21-10-14-6-15(11-21)8-16(7-14)12-21;/h3-5,9,13-16,22-23H,2,6-8,10-12H2,1H3;1H/b20-13+;. The molecule has 1 aromatic rings. The lowest BCUT2D eigenvalue weighted by atomic mass is 9.53. The number of aromatic nitrogens is 1. The van der Waals surface area contributed by atoms with Crippen molar-refractivity contribution in [3.63, 3.8) is 0 Å². The molecule has 4 saturated carbocycles. The van der Waals surface area contributed by atoms with Gasteiger partial charge in [0.25, 0.3) is 0 Å². The number of H-pyrrole nitrogens is 1. The van der Waals surface area contributed by atoms with E-state index in [4.69, 9.17) is 4.99 Å². The van der Waals surface area contributed by atoms with Crippen LogP contribution in [0, 0.1) is 17.8 Å². The predicted molar refractivity (Wildman–Crippen MR) is 105 cm³/mol. The molecule has 0 saturated heterocycles. The fourth-order valence-corrected chi connectivity index (χ4v) is 6.02. The molecule has 3 nitrogen and oxygen atoms in total. The molecule has 5 aliphatic rings. The average Bonchev–Trinajstić information content (AvgIpc) is 3.21. The third-order valence-corrected chi connectivity index (χ3v) is 6.69. The van der Waals surface area contributed by atoms with E-state index < -0.39 is 0 Å². The lowest BCUT2D eigenvalue weighted by Crippen LogP contribution is -2.57. The highest BCUT2D eigenvalue weighted by atomic mass is 35.5. The van der Waals surface area contributed by atoms with Gasteiger partial charge in [-0.05, 0) is 86.5 Å². The highest BCUT2D eigenvalue weighted by Crippen LogP contribution is 2.55. The zero-order valence-corrected chi connectivity index (χ0v) is 15.7. The minimum atomic E-state index is 0. The van der Waals surface area contributed by atoms with E-state index in [1.807, 2.05) is 12.3 Å². The van der Waals surface area contributed by atoms with Crippen molar-refractivity contribution in [1.82, 2.24) is 10.3 Å². The highest BCUT2D eigenvalue weighted by Gasteiger charge is 2.50. The smallest absolute Gasteiger partial charge is 0.0875 e. The van der Waals surface area contributed by atoms with Crippen LogP contribution in [0.3, 0.4) is 0 Å². The first-order valence-electron chi connectivity index (χ1n) is 9.64. The number of halogens is 1. The average molecular weight is 358 g/mol. The summed E-state index contributed by atoms with van der Waals surface area (Å²) in [4.78, 5) is 8.16. The molecule has 0 spiro atoms. The van der Waals surface area contributed by atoms with Crippen molar-refractivity contribution in [2.75, 3.05) is 0 Å². The summed E-state index contributed by atoms with van der Waals surface area (Å²) in [7, 11) is 0. The van der Waals surface area contributed by atoms with Crippen LogP contribution < -0.4 is 5.32 Å². The van der Waals surface area contributed by atoms with Crippen LogP contribution in [-0.4, -0.2) is 16.2 Å². The Balaban J connectivity index is 0.00000157. The second-order valence-electron chi connectivity index (χ2n) is 8.48. The van der Waals surface area contributed by atoms with Gasteiger partial charge in [0.1, 0.15) is 0 Å². The number of hydrogen-bond acceptors (Lipinski definition) is 2. The van der Waals surface area contributed by atoms with Crippen molar-refractivity contribution in [3.8, 4) is 0 Å². The summed E-state index contributed by atoms with van der Waals surface area (Å²) in [5, 5.41) is 3.88. The number of aliphatic imine (C=N–C) groups is 1. The Bertz CT molecular complexity index is 691. The minimum Gasteiger partial charge on any atom is -0.384 e. The third kappa shape index (κ3) is 2.97. The zero-order chi connectivity index (χ0) is 16.1. The number of nitrogens with one attached hydrogen (secondary N) is 2. The number of rotatable bonds is 4. The van der Waals surface area contributed by atoms with Crippen LogP contribution in [-0.2, 0) is 0 Å².